The molecule has 0 aromatic heterocycles. The second-order valence-electron chi connectivity index (χ2n) is 2.47. The van der Waals surface area contributed by atoms with Gasteiger partial charge < -0.3 is 24.9 Å². The summed E-state index contributed by atoms with van der Waals surface area (Å²) in [6.45, 7) is -0.186. The van der Waals surface area contributed by atoms with Crippen molar-refractivity contribution < 1.29 is 76.2 Å². The second-order valence-corrected chi connectivity index (χ2v) is 2.47. The molecule has 3 atom stereocenters. The third-order valence-electron chi connectivity index (χ3n) is 1.56. The van der Waals surface area contributed by atoms with Crippen LogP contribution in [-0.2, 0) is 9.53 Å². The van der Waals surface area contributed by atoms with Gasteiger partial charge >= 0.3 is 51.4 Å². The fourth-order valence-corrected chi connectivity index (χ4v) is 0.929. The Kier molecular flexibility index (Phi) is 6.13. The first-order valence-corrected chi connectivity index (χ1v) is 3.29. The molecule has 6 heteroatoms. The van der Waals surface area contributed by atoms with E-state index < -0.39 is 30.7 Å². The monoisotopic (exact) mass is 200 g/mol. The van der Waals surface area contributed by atoms with Crippen LogP contribution in [0.1, 0.15) is 6.42 Å². The minimum absolute atomic E-state index is 0. The summed E-state index contributed by atoms with van der Waals surface area (Å²) in [7, 11) is 0. The van der Waals surface area contributed by atoms with Crippen molar-refractivity contribution >= 4 is 5.97 Å². The zero-order chi connectivity index (χ0) is 8.43. The Hall–Kier alpha value is 0.986. The van der Waals surface area contributed by atoms with E-state index >= 15 is 0 Å². The SMILES string of the molecule is O=C([O-])C[C@@H](O)[C@@H]1OC1CO.[K+]. The topological polar surface area (TPSA) is 93.1 Å². The van der Waals surface area contributed by atoms with Gasteiger partial charge in [-0.25, -0.2) is 0 Å². The third kappa shape index (κ3) is 3.80. The van der Waals surface area contributed by atoms with Gasteiger partial charge in [-0.05, 0) is 0 Å². The number of carbonyl (C=O) groups excluding carboxylic acids is 1. The molecule has 64 valence electrons. The Balaban J connectivity index is 0.00000121. The van der Waals surface area contributed by atoms with E-state index in [2.05, 4.69) is 0 Å². The van der Waals surface area contributed by atoms with Crippen molar-refractivity contribution in [1.82, 2.24) is 0 Å². The maximum absolute atomic E-state index is 9.95. The molecule has 0 bridgehead atoms. The van der Waals surface area contributed by atoms with Gasteiger partial charge in [-0.15, -0.1) is 0 Å². The molecule has 0 radical (unpaired) electrons. The van der Waals surface area contributed by atoms with E-state index in [9.17, 15) is 9.90 Å². The van der Waals surface area contributed by atoms with Gasteiger partial charge in [-0.2, -0.15) is 0 Å². The van der Waals surface area contributed by atoms with Crippen molar-refractivity contribution in [1.29, 1.82) is 0 Å². The van der Waals surface area contributed by atoms with Gasteiger partial charge in [0.2, 0.25) is 0 Å². The Labute approximate surface area is 112 Å². The summed E-state index contributed by atoms with van der Waals surface area (Å²) in [5, 5.41) is 27.4. The van der Waals surface area contributed by atoms with E-state index in [1.807, 2.05) is 0 Å². The molecule has 2 N–H and O–H groups in total. The van der Waals surface area contributed by atoms with Gasteiger partial charge in [0.15, 0.2) is 0 Å². The number of carbonyl (C=O) groups is 1. The summed E-state index contributed by atoms with van der Waals surface area (Å²) in [4.78, 5) is 9.95. The van der Waals surface area contributed by atoms with Crippen LogP contribution in [0.4, 0.5) is 0 Å². The summed E-state index contributed by atoms with van der Waals surface area (Å²) in [6.07, 6.45) is -2.43. The number of hydrogen-bond acceptors (Lipinski definition) is 5. The molecular weight excluding hydrogens is 191 g/mol. The van der Waals surface area contributed by atoms with E-state index in [0.29, 0.717) is 0 Å². The first-order valence-electron chi connectivity index (χ1n) is 3.29. The van der Waals surface area contributed by atoms with Gasteiger partial charge in [0.25, 0.3) is 0 Å². The summed E-state index contributed by atoms with van der Waals surface area (Å²) in [5.74, 6) is -1.32. The fourth-order valence-electron chi connectivity index (χ4n) is 0.929. The molecule has 0 saturated carbocycles. The first kappa shape index (κ1) is 13.0. The molecule has 1 heterocycles. The van der Waals surface area contributed by atoms with Crippen molar-refractivity contribution in [2.45, 2.75) is 24.7 Å². The van der Waals surface area contributed by atoms with E-state index in [-0.39, 0.29) is 58.0 Å². The smallest absolute Gasteiger partial charge is 0.550 e. The minimum atomic E-state index is -1.32. The average Bonchev–Trinajstić information content (AvgIpc) is 2.63. The molecule has 1 fully saturated rings. The second kappa shape index (κ2) is 5.66. The predicted molar refractivity (Wildman–Crippen MR) is 31.4 cm³/mol. The van der Waals surface area contributed by atoms with Crippen LogP contribution in [0.2, 0.25) is 0 Å². The van der Waals surface area contributed by atoms with Crippen LogP contribution >= 0.6 is 0 Å². The zero-order valence-electron chi connectivity index (χ0n) is 6.77. The Bertz CT molecular complexity index is 162. The number of carboxylic acids is 1. The van der Waals surface area contributed by atoms with Crippen molar-refractivity contribution in [3.05, 3.63) is 0 Å². The van der Waals surface area contributed by atoms with E-state index in [4.69, 9.17) is 14.9 Å². The van der Waals surface area contributed by atoms with Crippen LogP contribution in [-0.4, -0.2) is 41.1 Å². The number of aliphatic hydroxyl groups excluding tert-OH is 2. The maximum Gasteiger partial charge on any atom is 1.00 e. The number of aliphatic hydroxyl groups is 2. The standard InChI is InChI=1S/C6H10O5.K/c7-2-4-6(11-4)3(8)1-5(9)10;/h3-4,6-8H,1-2H2,(H,9,10);/q;+1/p-1/t3-,4?,6+;/m1./s1. The van der Waals surface area contributed by atoms with Crippen molar-refractivity contribution in [3.63, 3.8) is 0 Å². The predicted octanol–water partition coefficient (Wildman–Crippen LogP) is -5.75. The molecule has 12 heavy (non-hydrogen) atoms. The number of aliphatic carboxylic acids is 1. The molecule has 0 aliphatic carbocycles. The van der Waals surface area contributed by atoms with Crippen LogP contribution in [0, 0.1) is 0 Å². The molecule has 5 nitrogen and oxygen atoms in total. The molecule has 1 rings (SSSR count). The molecule has 0 aromatic rings. The molecule has 0 spiro atoms. The first-order chi connectivity index (χ1) is 5.15. The molecule has 1 saturated heterocycles. The molecular formula is C6H9KO5. The van der Waals surface area contributed by atoms with Gasteiger partial charge in [0, 0.05) is 12.4 Å². The van der Waals surface area contributed by atoms with Crippen molar-refractivity contribution in [2.75, 3.05) is 6.61 Å². The zero-order valence-corrected chi connectivity index (χ0v) is 9.89. The van der Waals surface area contributed by atoms with E-state index in [1.165, 1.54) is 0 Å². The van der Waals surface area contributed by atoms with Gasteiger partial charge in [0.05, 0.1) is 12.7 Å². The largest absolute Gasteiger partial charge is 1.00 e. The minimum Gasteiger partial charge on any atom is -0.550 e. The number of hydrogen-bond donors (Lipinski definition) is 2. The van der Waals surface area contributed by atoms with E-state index in [1.54, 1.807) is 0 Å². The maximum atomic E-state index is 9.95. The normalized spacial score (nSPS) is 28.8. The number of ether oxygens (including phenoxy) is 1. The van der Waals surface area contributed by atoms with Crippen LogP contribution in [0.3, 0.4) is 0 Å². The average molecular weight is 200 g/mol. The van der Waals surface area contributed by atoms with Gasteiger partial charge in [0.1, 0.15) is 12.2 Å². The Morgan fingerprint density at radius 3 is 2.58 bits per heavy atom. The van der Waals surface area contributed by atoms with Crippen LogP contribution in [0.5, 0.6) is 0 Å². The van der Waals surface area contributed by atoms with Crippen LogP contribution in [0.15, 0.2) is 0 Å². The Morgan fingerprint density at radius 2 is 2.25 bits per heavy atom. The Morgan fingerprint density at radius 1 is 1.67 bits per heavy atom. The van der Waals surface area contributed by atoms with Crippen LogP contribution < -0.4 is 56.5 Å². The summed E-state index contributed by atoms with van der Waals surface area (Å²) in [5.41, 5.74) is 0. The quantitative estimate of drug-likeness (QED) is 0.348. The van der Waals surface area contributed by atoms with Gasteiger partial charge in [-0.3, -0.25) is 0 Å². The molecule has 1 aliphatic rings. The summed E-state index contributed by atoms with van der Waals surface area (Å²) < 4.78 is 4.74. The van der Waals surface area contributed by atoms with Gasteiger partial charge in [-0.1, -0.05) is 0 Å². The number of epoxide rings is 1. The molecule has 0 aromatic carbocycles. The van der Waals surface area contributed by atoms with E-state index in [0.717, 1.165) is 0 Å². The number of rotatable bonds is 4. The number of carboxylic acid groups (broad SMARTS) is 1. The molecule has 1 aliphatic heterocycles. The molecule has 1 unspecified atom stereocenters. The fraction of sp³-hybridized carbons (Fsp3) is 0.833. The molecule has 0 amide bonds. The van der Waals surface area contributed by atoms with Crippen molar-refractivity contribution in [2.24, 2.45) is 0 Å². The van der Waals surface area contributed by atoms with Crippen molar-refractivity contribution in [3.8, 4) is 0 Å². The third-order valence-corrected chi connectivity index (χ3v) is 1.56. The van der Waals surface area contributed by atoms with Crippen LogP contribution in [0.25, 0.3) is 0 Å². The summed E-state index contributed by atoms with van der Waals surface area (Å²) in [6, 6.07) is 0. The summed E-state index contributed by atoms with van der Waals surface area (Å²) >= 11 is 0.